The number of benzene rings is 1. The Balaban J connectivity index is 2.23. The lowest BCUT2D eigenvalue weighted by Gasteiger charge is -2.14. The van der Waals surface area contributed by atoms with Crippen molar-refractivity contribution in [2.45, 2.75) is 26.8 Å². The Bertz CT molecular complexity index is 602. The number of anilines is 1. The molecule has 1 aromatic carbocycles. The van der Waals surface area contributed by atoms with E-state index < -0.39 is 0 Å². The zero-order chi connectivity index (χ0) is 14.0. The van der Waals surface area contributed by atoms with Crippen molar-refractivity contribution in [1.82, 2.24) is 4.57 Å². The third-order valence-electron chi connectivity index (χ3n) is 3.00. The molecule has 0 saturated heterocycles. The molecule has 1 aromatic heterocycles. The van der Waals surface area contributed by atoms with Gasteiger partial charge in [-0.3, -0.25) is 4.79 Å². The first-order valence-electron chi connectivity index (χ1n) is 6.23. The molecular weight excluding hydrogens is 304 g/mol. The molecule has 3 nitrogen and oxygen atoms in total. The minimum absolute atomic E-state index is 0.0795. The highest BCUT2D eigenvalue weighted by Crippen LogP contribution is 2.21. The summed E-state index contributed by atoms with van der Waals surface area (Å²) in [6.45, 7) is 6.09. The lowest BCUT2D eigenvalue weighted by molar-refractivity contribution is 0.101. The van der Waals surface area contributed by atoms with Crippen LogP contribution in [0, 0.1) is 6.92 Å². The first kappa shape index (κ1) is 13.9. The van der Waals surface area contributed by atoms with Crippen LogP contribution in [-0.4, -0.2) is 10.5 Å². The molecule has 1 heterocycles. The fourth-order valence-electron chi connectivity index (χ4n) is 1.99. The highest BCUT2D eigenvalue weighted by molar-refractivity contribution is 9.10. The number of hydrogen-bond acceptors (Lipinski definition) is 1. The van der Waals surface area contributed by atoms with E-state index >= 15 is 0 Å². The van der Waals surface area contributed by atoms with Crippen molar-refractivity contribution in [3.05, 3.63) is 52.3 Å². The summed E-state index contributed by atoms with van der Waals surface area (Å²) in [5.41, 5.74) is 2.55. The predicted octanol–water partition coefficient (Wildman–Crippen LogP) is 4.39. The van der Waals surface area contributed by atoms with Crippen molar-refractivity contribution < 1.29 is 4.79 Å². The third kappa shape index (κ3) is 3.07. The van der Waals surface area contributed by atoms with E-state index in [1.54, 1.807) is 0 Å². The van der Waals surface area contributed by atoms with Crippen LogP contribution in [0.1, 0.15) is 35.9 Å². The second kappa shape index (κ2) is 5.61. The van der Waals surface area contributed by atoms with Crippen LogP contribution in [0.3, 0.4) is 0 Å². The SMILES string of the molecule is Cc1cc(Br)ccc1NC(=O)c1cccn1C(C)C. The van der Waals surface area contributed by atoms with E-state index in [9.17, 15) is 4.79 Å². The average Bonchev–Trinajstić information content (AvgIpc) is 2.82. The molecule has 0 aliphatic heterocycles. The fraction of sp³-hybridized carbons (Fsp3) is 0.267. The minimum Gasteiger partial charge on any atom is -0.341 e. The average molecular weight is 321 g/mol. The topological polar surface area (TPSA) is 34.0 Å². The number of amides is 1. The molecule has 0 saturated carbocycles. The van der Waals surface area contributed by atoms with E-state index in [-0.39, 0.29) is 11.9 Å². The van der Waals surface area contributed by atoms with Gasteiger partial charge in [0, 0.05) is 22.4 Å². The molecule has 0 atom stereocenters. The Labute approximate surface area is 121 Å². The second-order valence-corrected chi connectivity index (χ2v) is 5.72. The number of aryl methyl sites for hydroxylation is 1. The van der Waals surface area contributed by atoms with E-state index in [4.69, 9.17) is 0 Å². The molecule has 100 valence electrons. The van der Waals surface area contributed by atoms with Crippen molar-refractivity contribution in [3.8, 4) is 0 Å². The second-order valence-electron chi connectivity index (χ2n) is 4.81. The van der Waals surface area contributed by atoms with Crippen molar-refractivity contribution in [2.75, 3.05) is 5.32 Å². The molecule has 4 heteroatoms. The van der Waals surface area contributed by atoms with E-state index in [1.165, 1.54) is 0 Å². The number of rotatable bonds is 3. The molecule has 0 unspecified atom stereocenters. The molecule has 1 amide bonds. The summed E-state index contributed by atoms with van der Waals surface area (Å²) in [4.78, 5) is 12.3. The van der Waals surface area contributed by atoms with Crippen molar-refractivity contribution in [1.29, 1.82) is 0 Å². The van der Waals surface area contributed by atoms with Gasteiger partial charge in [-0.1, -0.05) is 15.9 Å². The third-order valence-corrected chi connectivity index (χ3v) is 3.50. The van der Waals surface area contributed by atoms with Crippen LogP contribution in [0.2, 0.25) is 0 Å². The van der Waals surface area contributed by atoms with Gasteiger partial charge in [-0.2, -0.15) is 0 Å². The van der Waals surface area contributed by atoms with Gasteiger partial charge in [-0.15, -0.1) is 0 Å². The number of hydrogen-bond donors (Lipinski definition) is 1. The monoisotopic (exact) mass is 320 g/mol. The zero-order valence-electron chi connectivity index (χ0n) is 11.3. The summed E-state index contributed by atoms with van der Waals surface area (Å²) in [5, 5.41) is 2.95. The van der Waals surface area contributed by atoms with Crippen LogP contribution in [0.25, 0.3) is 0 Å². The van der Waals surface area contributed by atoms with Gasteiger partial charge in [0.1, 0.15) is 5.69 Å². The largest absolute Gasteiger partial charge is 0.341 e. The quantitative estimate of drug-likeness (QED) is 0.894. The Morgan fingerprint density at radius 2 is 2.05 bits per heavy atom. The smallest absolute Gasteiger partial charge is 0.272 e. The number of nitrogens with zero attached hydrogens (tertiary/aromatic N) is 1. The summed E-state index contributed by atoms with van der Waals surface area (Å²) >= 11 is 3.42. The normalized spacial score (nSPS) is 10.8. The van der Waals surface area contributed by atoms with Crippen LogP contribution in [0.15, 0.2) is 41.0 Å². The standard InChI is InChI=1S/C15H17BrN2O/c1-10(2)18-8-4-5-14(18)15(19)17-13-7-6-12(16)9-11(13)3/h4-10H,1-3H3,(H,17,19). The Morgan fingerprint density at radius 1 is 1.32 bits per heavy atom. The van der Waals surface area contributed by atoms with Crippen molar-refractivity contribution in [3.63, 3.8) is 0 Å². The number of carbonyl (C=O) groups is 1. The highest BCUT2D eigenvalue weighted by atomic mass is 79.9. The van der Waals surface area contributed by atoms with E-state index in [0.29, 0.717) is 5.69 Å². The number of halogens is 1. The highest BCUT2D eigenvalue weighted by Gasteiger charge is 2.13. The first-order chi connectivity index (χ1) is 8.99. The lowest BCUT2D eigenvalue weighted by atomic mass is 10.2. The summed E-state index contributed by atoms with van der Waals surface area (Å²) < 4.78 is 2.97. The van der Waals surface area contributed by atoms with Crippen LogP contribution >= 0.6 is 15.9 Å². The predicted molar refractivity (Wildman–Crippen MR) is 81.6 cm³/mol. The molecular formula is C15H17BrN2O. The molecule has 1 N–H and O–H groups in total. The maximum absolute atomic E-state index is 12.3. The minimum atomic E-state index is -0.0795. The van der Waals surface area contributed by atoms with Crippen LogP contribution < -0.4 is 5.32 Å². The summed E-state index contributed by atoms with van der Waals surface area (Å²) in [5.74, 6) is -0.0795. The first-order valence-corrected chi connectivity index (χ1v) is 7.02. The van der Waals surface area contributed by atoms with Gasteiger partial charge >= 0.3 is 0 Å². The molecule has 2 aromatic rings. The van der Waals surface area contributed by atoms with Gasteiger partial charge < -0.3 is 9.88 Å². The molecule has 0 spiro atoms. The van der Waals surface area contributed by atoms with E-state index in [2.05, 4.69) is 35.1 Å². The fourth-order valence-corrected chi connectivity index (χ4v) is 2.47. The van der Waals surface area contributed by atoms with Crippen LogP contribution in [-0.2, 0) is 0 Å². The Kier molecular flexibility index (Phi) is 4.10. The molecule has 0 aliphatic rings. The Hall–Kier alpha value is -1.55. The lowest BCUT2D eigenvalue weighted by Crippen LogP contribution is -2.18. The van der Waals surface area contributed by atoms with Gasteiger partial charge in [0.2, 0.25) is 0 Å². The maximum atomic E-state index is 12.3. The Morgan fingerprint density at radius 3 is 2.68 bits per heavy atom. The van der Waals surface area contributed by atoms with Crippen molar-refractivity contribution >= 4 is 27.5 Å². The molecule has 0 radical (unpaired) electrons. The van der Waals surface area contributed by atoms with Crippen LogP contribution in [0.5, 0.6) is 0 Å². The summed E-state index contributed by atoms with van der Waals surface area (Å²) in [7, 11) is 0. The summed E-state index contributed by atoms with van der Waals surface area (Å²) in [6.07, 6.45) is 1.92. The van der Waals surface area contributed by atoms with Gasteiger partial charge in [0.25, 0.3) is 5.91 Å². The number of aromatic nitrogens is 1. The van der Waals surface area contributed by atoms with Gasteiger partial charge in [-0.05, 0) is 56.7 Å². The molecule has 0 aliphatic carbocycles. The number of nitrogens with one attached hydrogen (secondary N) is 1. The number of carbonyl (C=O) groups excluding carboxylic acids is 1. The van der Waals surface area contributed by atoms with Gasteiger partial charge in [0.05, 0.1) is 0 Å². The molecule has 19 heavy (non-hydrogen) atoms. The molecule has 0 fully saturated rings. The molecule has 0 bridgehead atoms. The van der Waals surface area contributed by atoms with E-state index in [0.717, 1.165) is 15.7 Å². The summed E-state index contributed by atoms with van der Waals surface area (Å²) in [6, 6.07) is 9.80. The molecule has 2 rings (SSSR count). The van der Waals surface area contributed by atoms with Crippen molar-refractivity contribution in [2.24, 2.45) is 0 Å². The van der Waals surface area contributed by atoms with Gasteiger partial charge in [0.15, 0.2) is 0 Å². The van der Waals surface area contributed by atoms with Gasteiger partial charge in [-0.25, -0.2) is 0 Å². The van der Waals surface area contributed by atoms with Crippen LogP contribution in [0.4, 0.5) is 5.69 Å². The zero-order valence-corrected chi connectivity index (χ0v) is 12.9. The van der Waals surface area contributed by atoms with E-state index in [1.807, 2.05) is 48.0 Å². The maximum Gasteiger partial charge on any atom is 0.272 e.